The molecule has 1 saturated heterocycles. The average Bonchev–Trinajstić information content (AvgIpc) is 3.07. The maximum absolute atomic E-state index is 5.71. The van der Waals surface area contributed by atoms with Gasteiger partial charge in [-0.3, -0.25) is 4.99 Å². The van der Waals surface area contributed by atoms with Crippen LogP contribution in [0.25, 0.3) is 0 Å². The van der Waals surface area contributed by atoms with Crippen molar-refractivity contribution in [3.8, 4) is 5.75 Å². The molecule has 5 heteroatoms. The van der Waals surface area contributed by atoms with Crippen molar-refractivity contribution in [3.05, 3.63) is 29.8 Å². The molecule has 1 aromatic rings. The van der Waals surface area contributed by atoms with E-state index in [1.165, 1.54) is 24.2 Å². The summed E-state index contributed by atoms with van der Waals surface area (Å²) < 4.78 is 5.71. The molecule has 1 aliphatic heterocycles. The van der Waals surface area contributed by atoms with Gasteiger partial charge in [0.05, 0.1) is 6.61 Å². The van der Waals surface area contributed by atoms with Crippen molar-refractivity contribution in [2.24, 2.45) is 10.9 Å². The maximum Gasteiger partial charge on any atom is 0.191 e. The number of hydrogen-bond donors (Lipinski definition) is 2. The van der Waals surface area contributed by atoms with E-state index in [1.54, 1.807) is 0 Å². The van der Waals surface area contributed by atoms with Gasteiger partial charge >= 0.3 is 0 Å². The molecule has 1 aromatic carbocycles. The fourth-order valence-corrected chi connectivity index (χ4v) is 3.59. The van der Waals surface area contributed by atoms with E-state index < -0.39 is 0 Å². The number of nitrogens with one attached hydrogen (secondary N) is 2. The van der Waals surface area contributed by atoms with Gasteiger partial charge in [-0.05, 0) is 42.2 Å². The fraction of sp³-hybridized carbons (Fsp3) is 0.611. The Kier molecular flexibility index (Phi) is 7.59. The Morgan fingerprint density at radius 1 is 1.30 bits per heavy atom. The zero-order valence-electron chi connectivity index (χ0n) is 14.5. The van der Waals surface area contributed by atoms with Crippen molar-refractivity contribution < 1.29 is 4.74 Å². The van der Waals surface area contributed by atoms with E-state index in [9.17, 15) is 0 Å². The number of ether oxygens (including phenoxy) is 1. The summed E-state index contributed by atoms with van der Waals surface area (Å²) in [6.45, 7) is 6.82. The Morgan fingerprint density at radius 2 is 2.09 bits per heavy atom. The first-order valence-electron chi connectivity index (χ1n) is 8.45. The van der Waals surface area contributed by atoms with Gasteiger partial charge in [0.25, 0.3) is 0 Å². The number of benzene rings is 1. The van der Waals surface area contributed by atoms with Crippen molar-refractivity contribution in [2.75, 3.05) is 26.0 Å². The first-order valence-corrected chi connectivity index (χ1v) is 9.50. The first-order chi connectivity index (χ1) is 11.2. The Hall–Kier alpha value is -1.36. The van der Waals surface area contributed by atoms with E-state index in [0.717, 1.165) is 36.7 Å². The predicted octanol–water partition coefficient (Wildman–Crippen LogP) is 3.28. The van der Waals surface area contributed by atoms with Crippen molar-refractivity contribution >= 4 is 17.7 Å². The van der Waals surface area contributed by atoms with Crippen molar-refractivity contribution in [2.45, 2.75) is 38.5 Å². The molecule has 0 bridgehead atoms. The van der Waals surface area contributed by atoms with Crippen LogP contribution in [0.3, 0.4) is 0 Å². The second kappa shape index (κ2) is 9.71. The molecule has 0 radical (unpaired) electrons. The molecule has 1 unspecified atom stereocenters. The van der Waals surface area contributed by atoms with Crippen LogP contribution in [0.5, 0.6) is 5.75 Å². The molecule has 1 aliphatic rings. The van der Waals surface area contributed by atoms with Gasteiger partial charge in [-0.2, -0.15) is 11.8 Å². The van der Waals surface area contributed by atoms with E-state index in [-0.39, 0.29) is 0 Å². The normalized spacial score (nSPS) is 18.3. The summed E-state index contributed by atoms with van der Waals surface area (Å²) in [5, 5.41) is 7.51. The zero-order chi connectivity index (χ0) is 16.5. The lowest BCUT2D eigenvalue weighted by Gasteiger charge is -2.15. The van der Waals surface area contributed by atoms with Crippen LogP contribution >= 0.6 is 11.8 Å². The molecule has 128 valence electrons. The molecule has 1 atom stereocenters. The molecule has 0 aliphatic carbocycles. The highest BCUT2D eigenvalue weighted by atomic mass is 32.2. The highest BCUT2D eigenvalue weighted by Gasteiger charge is 2.15. The van der Waals surface area contributed by atoms with E-state index in [4.69, 9.17) is 4.74 Å². The minimum absolute atomic E-state index is 0.545. The predicted molar refractivity (Wildman–Crippen MR) is 100 cm³/mol. The summed E-state index contributed by atoms with van der Waals surface area (Å²) in [6.07, 6.45) is 2.65. The van der Waals surface area contributed by atoms with Crippen LogP contribution in [0, 0.1) is 5.92 Å². The quantitative estimate of drug-likeness (QED) is 0.593. The van der Waals surface area contributed by atoms with E-state index in [0.29, 0.717) is 5.92 Å². The number of thioether (sulfide) groups is 1. The SMILES string of the molecule is CN=C(NCc1ccc(OCC(C)C)cc1)NCC1CCCS1. The van der Waals surface area contributed by atoms with E-state index >= 15 is 0 Å². The third-order valence-corrected chi connectivity index (χ3v) is 5.11. The van der Waals surface area contributed by atoms with Crippen LogP contribution in [0.1, 0.15) is 32.3 Å². The fourth-order valence-electron chi connectivity index (χ4n) is 2.39. The molecule has 4 nitrogen and oxygen atoms in total. The van der Waals surface area contributed by atoms with Gasteiger partial charge in [0.15, 0.2) is 5.96 Å². The minimum Gasteiger partial charge on any atom is -0.493 e. The second-order valence-corrected chi connectivity index (χ2v) is 7.70. The Labute approximate surface area is 144 Å². The molecule has 1 fully saturated rings. The number of guanidine groups is 1. The Bertz CT molecular complexity index is 482. The minimum atomic E-state index is 0.545. The molecule has 2 N–H and O–H groups in total. The molecule has 0 amide bonds. The van der Waals surface area contributed by atoms with Crippen LogP contribution in [0.2, 0.25) is 0 Å². The van der Waals surface area contributed by atoms with Crippen molar-refractivity contribution in [1.29, 1.82) is 0 Å². The monoisotopic (exact) mass is 335 g/mol. The highest BCUT2D eigenvalue weighted by molar-refractivity contribution is 8.00. The molecule has 0 spiro atoms. The summed E-state index contributed by atoms with van der Waals surface area (Å²) in [4.78, 5) is 4.29. The standard InChI is InChI=1S/C18H29N3OS/c1-14(2)13-22-16-8-6-15(7-9-16)11-20-18(19-3)21-12-17-5-4-10-23-17/h6-9,14,17H,4-5,10-13H2,1-3H3,(H2,19,20,21). The molecule has 23 heavy (non-hydrogen) atoms. The molecule has 0 aromatic heterocycles. The molecule has 0 saturated carbocycles. The number of rotatable bonds is 7. The Balaban J connectivity index is 1.72. The van der Waals surface area contributed by atoms with Gasteiger partial charge in [-0.25, -0.2) is 0 Å². The van der Waals surface area contributed by atoms with Gasteiger partial charge in [-0.15, -0.1) is 0 Å². The summed E-state index contributed by atoms with van der Waals surface area (Å²) >= 11 is 2.06. The topological polar surface area (TPSA) is 45.7 Å². The van der Waals surface area contributed by atoms with E-state index in [1.807, 2.05) is 19.2 Å². The second-order valence-electron chi connectivity index (χ2n) is 6.29. The number of nitrogens with zero attached hydrogens (tertiary/aromatic N) is 1. The number of aliphatic imine (C=N–C) groups is 1. The largest absolute Gasteiger partial charge is 0.493 e. The maximum atomic E-state index is 5.71. The molecule has 2 rings (SSSR count). The van der Waals surface area contributed by atoms with E-state index in [2.05, 4.69) is 53.4 Å². The molecule has 1 heterocycles. The summed E-state index contributed by atoms with van der Waals surface area (Å²) in [5.41, 5.74) is 1.22. The van der Waals surface area contributed by atoms with Crippen LogP contribution in [0.15, 0.2) is 29.3 Å². The van der Waals surface area contributed by atoms with Crippen molar-refractivity contribution in [1.82, 2.24) is 10.6 Å². The van der Waals surface area contributed by atoms with Crippen molar-refractivity contribution in [3.63, 3.8) is 0 Å². The third kappa shape index (κ3) is 6.73. The van der Waals surface area contributed by atoms with Gasteiger partial charge in [-0.1, -0.05) is 26.0 Å². The smallest absolute Gasteiger partial charge is 0.191 e. The lowest BCUT2D eigenvalue weighted by Crippen LogP contribution is -2.39. The van der Waals surface area contributed by atoms with Crippen LogP contribution in [-0.2, 0) is 6.54 Å². The lowest BCUT2D eigenvalue weighted by atomic mass is 10.2. The van der Waals surface area contributed by atoms with Crippen LogP contribution in [0.4, 0.5) is 0 Å². The average molecular weight is 336 g/mol. The van der Waals surface area contributed by atoms with Gasteiger partial charge in [0.2, 0.25) is 0 Å². The number of hydrogen-bond acceptors (Lipinski definition) is 3. The Morgan fingerprint density at radius 3 is 2.70 bits per heavy atom. The van der Waals surface area contributed by atoms with Gasteiger partial charge < -0.3 is 15.4 Å². The zero-order valence-corrected chi connectivity index (χ0v) is 15.3. The summed E-state index contributed by atoms with van der Waals surface area (Å²) in [5.74, 6) is 3.65. The highest BCUT2D eigenvalue weighted by Crippen LogP contribution is 2.25. The van der Waals surface area contributed by atoms with Gasteiger partial charge in [0, 0.05) is 25.4 Å². The summed E-state index contributed by atoms with van der Waals surface area (Å²) in [7, 11) is 1.82. The molecular weight excluding hydrogens is 306 g/mol. The lowest BCUT2D eigenvalue weighted by molar-refractivity contribution is 0.271. The summed E-state index contributed by atoms with van der Waals surface area (Å²) in [6, 6.07) is 8.26. The van der Waals surface area contributed by atoms with Crippen LogP contribution < -0.4 is 15.4 Å². The molecular formula is C18H29N3OS. The third-order valence-electron chi connectivity index (χ3n) is 3.71. The van der Waals surface area contributed by atoms with Crippen LogP contribution in [-0.4, -0.2) is 37.2 Å². The van der Waals surface area contributed by atoms with Gasteiger partial charge in [0.1, 0.15) is 5.75 Å². The first kappa shape index (κ1) is 18.0.